The van der Waals surface area contributed by atoms with Crippen LogP contribution in [0.5, 0.6) is 0 Å². The first-order chi connectivity index (χ1) is 6.40. The van der Waals surface area contributed by atoms with Gasteiger partial charge >= 0.3 is 0 Å². The van der Waals surface area contributed by atoms with Crippen molar-refractivity contribution in [1.29, 1.82) is 0 Å². The van der Waals surface area contributed by atoms with Gasteiger partial charge in [0.25, 0.3) is 0 Å². The number of hydrogen-bond acceptors (Lipinski definition) is 1. The van der Waals surface area contributed by atoms with Crippen LogP contribution in [0.15, 0.2) is 42.7 Å². The molecule has 1 aromatic heterocycles. The third-order valence-electron chi connectivity index (χ3n) is 1.91. The van der Waals surface area contributed by atoms with Crippen molar-refractivity contribution in [2.75, 3.05) is 0 Å². The molecule has 0 spiro atoms. The maximum atomic E-state index is 7.17. The Balaban J connectivity index is 2.33. The lowest BCUT2D eigenvalue weighted by atomic mass is 10.2. The molecule has 0 saturated carbocycles. The van der Waals surface area contributed by atoms with E-state index < -0.39 is 0 Å². The summed E-state index contributed by atoms with van der Waals surface area (Å²) in [6.07, 6.45) is 3.65. The van der Waals surface area contributed by atoms with Crippen molar-refractivity contribution in [3.63, 3.8) is 0 Å². The van der Waals surface area contributed by atoms with Crippen LogP contribution >= 0.6 is 0 Å². The molecule has 1 aromatic carbocycles. The van der Waals surface area contributed by atoms with E-state index in [0.717, 1.165) is 11.3 Å². The zero-order valence-electron chi connectivity index (χ0n) is 7.14. The van der Waals surface area contributed by atoms with Gasteiger partial charge < -0.3 is 0 Å². The van der Waals surface area contributed by atoms with Crippen LogP contribution in [0.2, 0.25) is 0 Å². The van der Waals surface area contributed by atoms with Crippen molar-refractivity contribution in [1.82, 2.24) is 15.5 Å². The molecule has 1 radical (unpaired) electrons. The first-order valence-corrected chi connectivity index (χ1v) is 4.14. The molecule has 13 heavy (non-hydrogen) atoms. The Kier molecular flexibility index (Phi) is 2.10. The van der Waals surface area contributed by atoms with E-state index in [1.54, 1.807) is 10.9 Å². The summed E-state index contributed by atoms with van der Waals surface area (Å²) in [6, 6.07) is 9.72. The number of hydrogen-bond donors (Lipinski definition) is 0. The van der Waals surface area contributed by atoms with E-state index in [-0.39, 0.29) is 0 Å². The molecule has 0 aliphatic heterocycles. The fourth-order valence-electron chi connectivity index (χ4n) is 1.19. The highest BCUT2D eigenvalue weighted by Crippen LogP contribution is 2.07. The van der Waals surface area contributed by atoms with Crippen LogP contribution in [-0.4, -0.2) is 9.78 Å². The van der Waals surface area contributed by atoms with Gasteiger partial charge in [-0.05, 0) is 23.8 Å². The van der Waals surface area contributed by atoms with Gasteiger partial charge in [0.2, 0.25) is 0 Å². The van der Waals surface area contributed by atoms with Crippen molar-refractivity contribution in [3.8, 4) is 5.69 Å². The van der Waals surface area contributed by atoms with Crippen molar-refractivity contribution in [2.45, 2.75) is 6.54 Å². The molecule has 2 aromatic rings. The quantitative estimate of drug-likeness (QED) is 0.679. The fraction of sp³-hybridized carbons (Fsp3) is 0.100. The third-order valence-corrected chi connectivity index (χ3v) is 1.91. The molecule has 0 aliphatic rings. The largest absolute Gasteiger partial charge is 0.253 e. The molecule has 0 fully saturated rings. The van der Waals surface area contributed by atoms with Crippen LogP contribution in [0.25, 0.3) is 5.69 Å². The highest BCUT2D eigenvalue weighted by atomic mass is 15.3. The van der Waals surface area contributed by atoms with Crippen LogP contribution in [0.4, 0.5) is 0 Å². The minimum Gasteiger partial charge on any atom is -0.253 e. The lowest BCUT2D eigenvalue weighted by Crippen LogP contribution is -1.94. The maximum Gasteiger partial charge on any atom is 0.0645 e. The normalized spacial score (nSPS) is 10.2. The molecule has 0 bridgehead atoms. The van der Waals surface area contributed by atoms with E-state index in [1.165, 1.54) is 0 Å². The van der Waals surface area contributed by atoms with Gasteiger partial charge in [-0.15, -0.1) is 0 Å². The standard InChI is InChI=1S/C10H10N3/c11-8-9-2-4-10(5-3-9)13-7-1-6-12-13/h1-7,11H,8H2. The van der Waals surface area contributed by atoms with E-state index in [9.17, 15) is 0 Å². The van der Waals surface area contributed by atoms with Crippen molar-refractivity contribution >= 4 is 0 Å². The van der Waals surface area contributed by atoms with Gasteiger partial charge in [-0.2, -0.15) is 5.10 Å². The van der Waals surface area contributed by atoms with Crippen LogP contribution in [0, 0.1) is 0 Å². The summed E-state index contributed by atoms with van der Waals surface area (Å²) in [5.41, 5.74) is 9.22. The number of rotatable bonds is 2. The van der Waals surface area contributed by atoms with Gasteiger partial charge in [-0.25, -0.2) is 4.68 Å². The maximum absolute atomic E-state index is 7.17. The Labute approximate surface area is 76.8 Å². The lowest BCUT2D eigenvalue weighted by Gasteiger charge is -2.01. The summed E-state index contributed by atoms with van der Waals surface area (Å²) in [6.45, 7) is 0.333. The van der Waals surface area contributed by atoms with E-state index in [1.807, 2.05) is 36.5 Å². The summed E-state index contributed by atoms with van der Waals surface area (Å²) in [4.78, 5) is 0. The second kappa shape index (κ2) is 3.41. The zero-order chi connectivity index (χ0) is 9.10. The molecule has 0 amide bonds. The number of aromatic nitrogens is 2. The molecule has 0 atom stereocenters. The average Bonchev–Trinajstić information content (AvgIpc) is 2.71. The molecule has 1 heterocycles. The Morgan fingerprint density at radius 1 is 1.23 bits per heavy atom. The number of benzene rings is 1. The van der Waals surface area contributed by atoms with Gasteiger partial charge in [0.15, 0.2) is 0 Å². The highest BCUT2D eigenvalue weighted by Gasteiger charge is 1.94. The molecular formula is C10H10N3. The van der Waals surface area contributed by atoms with E-state index in [4.69, 9.17) is 5.73 Å². The minimum absolute atomic E-state index is 0.333. The van der Waals surface area contributed by atoms with Crippen molar-refractivity contribution < 1.29 is 0 Å². The minimum atomic E-state index is 0.333. The van der Waals surface area contributed by atoms with Crippen molar-refractivity contribution in [3.05, 3.63) is 48.3 Å². The van der Waals surface area contributed by atoms with Crippen LogP contribution < -0.4 is 5.73 Å². The predicted octanol–water partition coefficient (Wildman–Crippen LogP) is 1.66. The van der Waals surface area contributed by atoms with Crippen LogP contribution in [0.3, 0.4) is 0 Å². The highest BCUT2D eigenvalue weighted by molar-refractivity contribution is 5.33. The summed E-state index contributed by atoms with van der Waals surface area (Å²) < 4.78 is 1.80. The molecule has 1 N–H and O–H groups in total. The van der Waals surface area contributed by atoms with Crippen LogP contribution in [0.1, 0.15) is 5.56 Å². The van der Waals surface area contributed by atoms with E-state index >= 15 is 0 Å². The second-order valence-corrected chi connectivity index (χ2v) is 2.79. The Bertz CT molecular complexity index is 362. The Morgan fingerprint density at radius 3 is 2.54 bits per heavy atom. The summed E-state index contributed by atoms with van der Waals surface area (Å²) in [5.74, 6) is 0. The number of nitrogens with one attached hydrogen (secondary N) is 1. The average molecular weight is 172 g/mol. The van der Waals surface area contributed by atoms with Gasteiger partial charge in [0, 0.05) is 18.9 Å². The summed E-state index contributed by atoms with van der Waals surface area (Å²) >= 11 is 0. The molecule has 3 heteroatoms. The SMILES string of the molecule is [NH]Cc1ccc(-n2cccn2)cc1. The van der Waals surface area contributed by atoms with Gasteiger partial charge in [0.1, 0.15) is 0 Å². The fourth-order valence-corrected chi connectivity index (χ4v) is 1.19. The summed E-state index contributed by atoms with van der Waals surface area (Å²) in [5, 5.41) is 4.11. The molecular weight excluding hydrogens is 162 g/mol. The monoisotopic (exact) mass is 172 g/mol. The number of nitrogens with zero attached hydrogens (tertiary/aromatic N) is 2. The summed E-state index contributed by atoms with van der Waals surface area (Å²) in [7, 11) is 0. The molecule has 3 nitrogen and oxygen atoms in total. The molecule has 0 unspecified atom stereocenters. The third kappa shape index (κ3) is 1.60. The molecule has 65 valence electrons. The van der Waals surface area contributed by atoms with Gasteiger partial charge in [-0.3, -0.25) is 5.73 Å². The smallest absolute Gasteiger partial charge is 0.0645 e. The molecule has 0 aliphatic carbocycles. The first-order valence-electron chi connectivity index (χ1n) is 4.14. The van der Waals surface area contributed by atoms with Gasteiger partial charge in [0.05, 0.1) is 5.69 Å². The van der Waals surface area contributed by atoms with Crippen LogP contribution in [-0.2, 0) is 6.54 Å². The predicted molar refractivity (Wildman–Crippen MR) is 50.4 cm³/mol. The van der Waals surface area contributed by atoms with Gasteiger partial charge in [-0.1, -0.05) is 12.1 Å². The second-order valence-electron chi connectivity index (χ2n) is 2.79. The molecule has 2 rings (SSSR count). The van der Waals surface area contributed by atoms with E-state index in [2.05, 4.69) is 5.10 Å². The Hall–Kier alpha value is -1.61. The molecule has 0 saturated heterocycles. The first kappa shape index (κ1) is 8.01. The topological polar surface area (TPSA) is 41.6 Å². The van der Waals surface area contributed by atoms with Crippen molar-refractivity contribution in [2.24, 2.45) is 0 Å². The van der Waals surface area contributed by atoms with E-state index in [0.29, 0.717) is 6.54 Å². The Morgan fingerprint density at radius 2 is 2.00 bits per heavy atom. The lowest BCUT2D eigenvalue weighted by molar-refractivity contribution is 0.878. The zero-order valence-corrected chi connectivity index (χ0v) is 7.14.